The fourth-order valence-electron chi connectivity index (χ4n) is 9.19. The van der Waals surface area contributed by atoms with Crippen molar-refractivity contribution in [2.24, 2.45) is 0 Å². The zero-order chi connectivity index (χ0) is 35.8. The molecule has 0 atom stereocenters. The molecule has 0 fully saturated rings. The average Bonchev–Trinajstić information content (AvgIpc) is 3.77. The molecule has 5 aliphatic rings. The molecule has 0 aromatic heterocycles. The molecule has 0 saturated carbocycles. The number of hydrogen-bond acceptors (Lipinski definition) is 0. The summed E-state index contributed by atoms with van der Waals surface area (Å²) in [5.41, 5.74) is 15.5. The standard InChI is InChI=1S/C50H34Cl2Si/c1-31-29-42-40(47(31)38-20-9-16-33-13-3-6-18-36(33)38)22-11-25-45(49(42)51)53(28-27-35-15-5-8-24-44(35)53)46-26-12-23-41-43(50(46)52)30-32(2)48(41)39-21-10-17-34-14-4-7-19-37(34)39/h3-30H,1-2H3. The lowest BCUT2D eigenvalue weighted by atomic mass is 9.95. The van der Waals surface area contributed by atoms with E-state index in [9.17, 15) is 0 Å². The van der Waals surface area contributed by atoms with Crippen LogP contribution in [-0.4, -0.2) is 8.07 Å². The lowest BCUT2D eigenvalue weighted by Gasteiger charge is -2.29. The quantitative estimate of drug-likeness (QED) is 0.158. The Balaban J connectivity index is 1.21. The molecule has 5 aromatic rings. The molecule has 5 aromatic carbocycles. The first kappa shape index (κ1) is 32.2. The van der Waals surface area contributed by atoms with Crippen molar-refractivity contribution in [1.29, 1.82) is 0 Å². The van der Waals surface area contributed by atoms with Crippen LogP contribution in [0.2, 0.25) is 10.0 Å². The molecule has 0 amide bonds. The van der Waals surface area contributed by atoms with Gasteiger partial charge in [-0.3, -0.25) is 0 Å². The maximum absolute atomic E-state index is 7.83. The Morgan fingerprint density at radius 3 is 1.36 bits per heavy atom. The third-order valence-corrected chi connectivity index (χ3v) is 17.1. The lowest BCUT2D eigenvalue weighted by molar-refractivity contribution is 1.54. The molecule has 3 heteroatoms. The number of fused-ring (bicyclic) bond motifs is 5. The summed E-state index contributed by atoms with van der Waals surface area (Å²) < 4.78 is 0. The van der Waals surface area contributed by atoms with E-state index in [1.54, 1.807) is 0 Å². The second kappa shape index (κ2) is 12.3. The minimum Gasteiger partial charge on any atom is -0.0837 e. The molecule has 53 heavy (non-hydrogen) atoms. The Kier molecular flexibility index (Phi) is 7.49. The molecule has 10 rings (SSSR count). The fraction of sp³-hybridized carbons (Fsp3) is 0.0400. The van der Waals surface area contributed by atoms with E-state index in [-0.39, 0.29) is 0 Å². The molecule has 0 unspecified atom stereocenters. The molecule has 4 aliphatic carbocycles. The van der Waals surface area contributed by atoms with Crippen molar-refractivity contribution < 1.29 is 0 Å². The molecule has 0 nitrogen and oxygen atoms in total. The highest BCUT2D eigenvalue weighted by atomic mass is 35.5. The van der Waals surface area contributed by atoms with Crippen molar-refractivity contribution in [2.45, 2.75) is 13.8 Å². The summed E-state index contributed by atoms with van der Waals surface area (Å²) in [5, 5.41) is 10.1. The summed E-state index contributed by atoms with van der Waals surface area (Å²) in [6.07, 6.45) is 2.29. The number of aryl methyl sites for hydroxylation is 2. The SMILES string of the molecule is Cc1cc2c(Cl)c([Si]3(c4cccc5c(-c6cccc7ccccc67)c(C)cc-5c4Cl)C=Cc4ccccc43)cccc-2c1-c1cccc2ccccc12. The summed E-state index contributed by atoms with van der Waals surface area (Å²) in [6.45, 7) is 4.42. The fourth-order valence-corrected chi connectivity index (χ4v) is 15.0. The van der Waals surface area contributed by atoms with Gasteiger partial charge < -0.3 is 0 Å². The largest absolute Gasteiger partial charge is 0.176 e. The van der Waals surface area contributed by atoms with E-state index in [4.69, 9.17) is 23.2 Å². The smallest absolute Gasteiger partial charge is 0.0837 e. The van der Waals surface area contributed by atoms with Gasteiger partial charge in [0.25, 0.3) is 0 Å². The van der Waals surface area contributed by atoms with Gasteiger partial charge in [-0.15, -0.1) is 0 Å². The predicted molar refractivity (Wildman–Crippen MR) is 232 cm³/mol. The summed E-state index contributed by atoms with van der Waals surface area (Å²) in [4.78, 5) is 0. The second-order valence-electron chi connectivity index (χ2n) is 14.3. The van der Waals surface area contributed by atoms with E-state index < -0.39 is 8.07 Å². The van der Waals surface area contributed by atoms with Crippen LogP contribution in [0.25, 0.3) is 72.1 Å². The Morgan fingerprint density at radius 2 is 0.811 bits per heavy atom. The third-order valence-electron chi connectivity index (χ3n) is 11.5. The average molecular weight is 734 g/mol. The van der Waals surface area contributed by atoms with Crippen molar-refractivity contribution in [2.75, 3.05) is 0 Å². The van der Waals surface area contributed by atoms with Gasteiger partial charge in [0.2, 0.25) is 0 Å². The van der Waals surface area contributed by atoms with Crippen LogP contribution in [0.3, 0.4) is 0 Å². The van der Waals surface area contributed by atoms with E-state index >= 15 is 0 Å². The monoisotopic (exact) mass is 732 g/mol. The maximum atomic E-state index is 7.83. The molecule has 1 heterocycles. The highest BCUT2D eigenvalue weighted by molar-refractivity contribution is 7.17. The van der Waals surface area contributed by atoms with E-state index in [2.05, 4.69) is 183 Å². The van der Waals surface area contributed by atoms with E-state index in [0.29, 0.717) is 0 Å². The van der Waals surface area contributed by atoms with Crippen LogP contribution in [0.4, 0.5) is 0 Å². The van der Waals surface area contributed by atoms with Gasteiger partial charge in [-0.1, -0.05) is 181 Å². The summed E-state index contributed by atoms with van der Waals surface area (Å²) >= 11 is 15.7. The molecular formula is C50H34Cl2Si. The van der Waals surface area contributed by atoms with E-state index in [1.807, 2.05) is 0 Å². The molecule has 1 aliphatic heterocycles. The molecule has 0 bridgehead atoms. The Morgan fingerprint density at radius 1 is 0.396 bits per heavy atom. The molecular weight excluding hydrogens is 700 g/mol. The minimum absolute atomic E-state index is 0.793. The first-order valence-electron chi connectivity index (χ1n) is 18.2. The van der Waals surface area contributed by atoms with Crippen molar-refractivity contribution in [3.63, 3.8) is 0 Å². The van der Waals surface area contributed by atoms with E-state index in [0.717, 1.165) is 42.7 Å². The molecule has 252 valence electrons. The number of halogens is 2. The minimum atomic E-state index is -2.94. The third kappa shape index (κ3) is 4.75. The summed E-state index contributed by atoms with van der Waals surface area (Å²) in [5.74, 6) is 0. The van der Waals surface area contributed by atoms with Crippen LogP contribution in [0.1, 0.15) is 16.7 Å². The van der Waals surface area contributed by atoms with Crippen LogP contribution in [-0.2, 0) is 0 Å². The van der Waals surface area contributed by atoms with Gasteiger partial charge >= 0.3 is 0 Å². The zero-order valence-corrected chi connectivity index (χ0v) is 31.9. The molecule has 0 N–H and O–H groups in total. The van der Waals surface area contributed by atoms with Crippen LogP contribution >= 0.6 is 23.2 Å². The van der Waals surface area contributed by atoms with Crippen molar-refractivity contribution >= 4 is 74.5 Å². The van der Waals surface area contributed by atoms with Crippen molar-refractivity contribution in [3.8, 4) is 44.5 Å². The number of benzene rings is 5. The normalized spacial score (nSPS) is 13.4. The van der Waals surface area contributed by atoms with Crippen molar-refractivity contribution in [1.82, 2.24) is 0 Å². The predicted octanol–water partition coefficient (Wildman–Crippen LogP) is 12.5. The van der Waals surface area contributed by atoms with Gasteiger partial charge in [0, 0.05) is 21.2 Å². The highest BCUT2D eigenvalue weighted by Crippen LogP contribution is 2.46. The molecule has 0 radical (unpaired) electrons. The zero-order valence-electron chi connectivity index (χ0n) is 29.4. The van der Waals surface area contributed by atoms with Gasteiger partial charge in [0.05, 0.1) is 0 Å². The highest BCUT2D eigenvalue weighted by Gasteiger charge is 2.45. The Bertz CT molecular complexity index is 2720. The van der Waals surface area contributed by atoms with Crippen molar-refractivity contribution in [3.05, 3.63) is 190 Å². The van der Waals surface area contributed by atoms with Crippen LogP contribution in [0.5, 0.6) is 0 Å². The van der Waals surface area contributed by atoms with Gasteiger partial charge in [-0.25, -0.2) is 0 Å². The van der Waals surface area contributed by atoms with Crippen LogP contribution in [0.15, 0.2) is 163 Å². The Labute approximate surface area is 321 Å². The first-order valence-corrected chi connectivity index (χ1v) is 21.0. The maximum Gasteiger partial charge on any atom is 0.176 e. The first-order chi connectivity index (χ1) is 26.0. The van der Waals surface area contributed by atoms with Gasteiger partial charge in [0.1, 0.15) is 0 Å². The van der Waals surface area contributed by atoms with E-state index in [1.165, 1.54) is 65.7 Å². The van der Waals surface area contributed by atoms with Gasteiger partial charge in [-0.05, 0) is 113 Å². The lowest BCUT2D eigenvalue weighted by Crippen LogP contribution is -2.65. The molecule has 0 saturated heterocycles. The number of rotatable bonds is 4. The number of hydrogen-bond donors (Lipinski definition) is 0. The Hall–Kier alpha value is -5.44. The molecule has 0 spiro atoms. The van der Waals surface area contributed by atoms with Crippen LogP contribution in [0, 0.1) is 13.8 Å². The van der Waals surface area contributed by atoms with Crippen LogP contribution < -0.4 is 15.6 Å². The summed E-state index contributed by atoms with van der Waals surface area (Å²) in [7, 11) is -2.94. The van der Waals surface area contributed by atoms with Gasteiger partial charge in [0.15, 0.2) is 8.07 Å². The topological polar surface area (TPSA) is 0 Å². The summed E-state index contributed by atoms with van der Waals surface area (Å²) in [6, 6.07) is 57.2. The van der Waals surface area contributed by atoms with Gasteiger partial charge in [-0.2, -0.15) is 0 Å². The second-order valence-corrected chi connectivity index (χ2v) is 18.7.